The quantitative estimate of drug-likeness (QED) is 0.653. The van der Waals surface area contributed by atoms with E-state index in [1.807, 2.05) is 11.3 Å². The molecule has 1 aromatic heterocycles. The molecule has 0 spiro atoms. The van der Waals surface area contributed by atoms with Crippen molar-refractivity contribution in [3.8, 4) is 0 Å². The summed E-state index contributed by atoms with van der Waals surface area (Å²) in [5, 5.41) is 0. The van der Waals surface area contributed by atoms with Gasteiger partial charge >= 0.3 is 0 Å². The summed E-state index contributed by atoms with van der Waals surface area (Å²) in [6, 6.07) is 2.37. The summed E-state index contributed by atoms with van der Waals surface area (Å²) in [5.41, 5.74) is 1.79. The van der Waals surface area contributed by atoms with E-state index in [0.29, 0.717) is 5.41 Å². The Morgan fingerprint density at radius 1 is 1.36 bits per heavy atom. The molecule has 1 aromatic rings. The lowest BCUT2D eigenvalue weighted by molar-refractivity contribution is 0.603. The molecule has 0 aromatic carbocycles. The number of rotatable bonds is 2. The molecule has 0 saturated carbocycles. The van der Waals surface area contributed by atoms with Crippen LogP contribution in [0.2, 0.25) is 0 Å². The SMILES string of the molecule is CCC(C)c1sc(C(C)(C)C)cc1C. The molecule has 0 bridgehead atoms. The first kappa shape index (κ1) is 11.8. The molecule has 1 rings (SSSR count). The molecule has 1 heterocycles. The number of aryl methyl sites for hydroxylation is 1. The minimum Gasteiger partial charge on any atom is -0.144 e. The van der Waals surface area contributed by atoms with Crippen LogP contribution in [0.15, 0.2) is 6.07 Å². The van der Waals surface area contributed by atoms with E-state index in [1.54, 1.807) is 4.88 Å². The van der Waals surface area contributed by atoms with Crippen LogP contribution < -0.4 is 0 Å². The Hall–Kier alpha value is -0.300. The topological polar surface area (TPSA) is 0 Å². The van der Waals surface area contributed by atoms with Crippen molar-refractivity contribution in [2.24, 2.45) is 0 Å². The molecule has 1 atom stereocenters. The van der Waals surface area contributed by atoms with Crippen LogP contribution in [0.25, 0.3) is 0 Å². The molecule has 14 heavy (non-hydrogen) atoms. The van der Waals surface area contributed by atoms with E-state index in [-0.39, 0.29) is 0 Å². The lowest BCUT2D eigenvalue weighted by atomic mass is 9.94. The second-order valence-corrected chi connectivity index (χ2v) is 6.30. The molecule has 0 amide bonds. The maximum atomic E-state index is 2.37. The van der Waals surface area contributed by atoms with Crippen LogP contribution in [-0.4, -0.2) is 0 Å². The Bertz CT molecular complexity index is 302. The summed E-state index contributed by atoms with van der Waals surface area (Å²) in [4.78, 5) is 3.10. The molecule has 0 radical (unpaired) electrons. The molecule has 0 aliphatic rings. The lowest BCUT2D eigenvalue weighted by Crippen LogP contribution is -2.07. The maximum Gasteiger partial charge on any atom is 0.0106 e. The molecule has 0 N–H and O–H groups in total. The fraction of sp³-hybridized carbons (Fsp3) is 0.692. The Kier molecular flexibility index (Phi) is 3.41. The molecule has 1 unspecified atom stereocenters. The summed E-state index contributed by atoms with van der Waals surface area (Å²) in [5.74, 6) is 0.719. The first-order valence-corrected chi connectivity index (χ1v) is 6.28. The molecular formula is C13H22S. The summed E-state index contributed by atoms with van der Waals surface area (Å²) < 4.78 is 0. The van der Waals surface area contributed by atoms with Gasteiger partial charge in [0.2, 0.25) is 0 Å². The first-order chi connectivity index (χ1) is 6.36. The zero-order chi connectivity index (χ0) is 10.9. The highest BCUT2D eigenvalue weighted by molar-refractivity contribution is 7.12. The highest BCUT2D eigenvalue weighted by atomic mass is 32.1. The zero-order valence-corrected chi connectivity index (χ0v) is 11.1. The fourth-order valence-corrected chi connectivity index (χ4v) is 2.91. The van der Waals surface area contributed by atoms with Crippen LogP contribution in [0.4, 0.5) is 0 Å². The van der Waals surface area contributed by atoms with Gasteiger partial charge in [0.15, 0.2) is 0 Å². The standard InChI is InChI=1S/C13H22S/c1-7-9(2)12-10(3)8-11(14-12)13(4,5)6/h8-9H,7H2,1-6H3. The molecule has 80 valence electrons. The molecule has 1 heteroatoms. The van der Waals surface area contributed by atoms with Gasteiger partial charge < -0.3 is 0 Å². The van der Waals surface area contributed by atoms with Gasteiger partial charge in [0, 0.05) is 9.75 Å². The van der Waals surface area contributed by atoms with Crippen molar-refractivity contribution in [3.05, 3.63) is 21.4 Å². The van der Waals surface area contributed by atoms with Gasteiger partial charge in [-0.15, -0.1) is 11.3 Å². The van der Waals surface area contributed by atoms with E-state index in [2.05, 4.69) is 47.6 Å². The molecule has 0 fully saturated rings. The lowest BCUT2D eigenvalue weighted by Gasteiger charge is -2.15. The van der Waals surface area contributed by atoms with Gasteiger partial charge in [0.05, 0.1) is 0 Å². The van der Waals surface area contributed by atoms with E-state index < -0.39 is 0 Å². The van der Waals surface area contributed by atoms with E-state index in [9.17, 15) is 0 Å². The van der Waals surface area contributed by atoms with Crippen LogP contribution in [0.3, 0.4) is 0 Å². The Morgan fingerprint density at radius 3 is 2.29 bits per heavy atom. The van der Waals surface area contributed by atoms with Gasteiger partial charge in [-0.2, -0.15) is 0 Å². The highest BCUT2D eigenvalue weighted by Gasteiger charge is 2.19. The zero-order valence-electron chi connectivity index (χ0n) is 10.3. The third-order valence-corrected chi connectivity index (χ3v) is 4.65. The molecule has 0 saturated heterocycles. The van der Waals surface area contributed by atoms with Gasteiger partial charge in [0.1, 0.15) is 0 Å². The van der Waals surface area contributed by atoms with Crippen molar-refractivity contribution < 1.29 is 0 Å². The molecule has 0 aliphatic heterocycles. The van der Waals surface area contributed by atoms with Crippen molar-refractivity contribution in [3.63, 3.8) is 0 Å². The normalized spacial score (nSPS) is 14.4. The molecule has 0 nitrogen and oxygen atoms in total. The van der Waals surface area contributed by atoms with Crippen molar-refractivity contribution in [2.75, 3.05) is 0 Å². The van der Waals surface area contributed by atoms with Gasteiger partial charge in [-0.1, -0.05) is 34.6 Å². The van der Waals surface area contributed by atoms with Crippen molar-refractivity contribution in [1.29, 1.82) is 0 Å². The summed E-state index contributed by atoms with van der Waals surface area (Å²) in [6.45, 7) is 13.7. The van der Waals surface area contributed by atoms with E-state index in [0.717, 1.165) is 5.92 Å². The predicted molar refractivity (Wildman–Crippen MR) is 66.5 cm³/mol. The third kappa shape index (κ3) is 2.38. The summed E-state index contributed by atoms with van der Waals surface area (Å²) >= 11 is 2.00. The molecular weight excluding hydrogens is 188 g/mol. The average Bonchev–Trinajstić information content (AvgIpc) is 2.45. The van der Waals surface area contributed by atoms with Crippen LogP contribution in [0.5, 0.6) is 0 Å². The smallest absolute Gasteiger partial charge is 0.0106 e. The van der Waals surface area contributed by atoms with Crippen LogP contribution in [-0.2, 0) is 5.41 Å². The Balaban J connectivity index is 3.05. The van der Waals surface area contributed by atoms with Crippen molar-refractivity contribution in [1.82, 2.24) is 0 Å². The second-order valence-electron chi connectivity index (χ2n) is 5.22. The number of thiophene rings is 1. The van der Waals surface area contributed by atoms with Crippen molar-refractivity contribution in [2.45, 2.75) is 59.3 Å². The minimum absolute atomic E-state index is 0.307. The molecule has 0 aliphatic carbocycles. The van der Waals surface area contributed by atoms with E-state index in [4.69, 9.17) is 0 Å². The van der Waals surface area contributed by atoms with Crippen LogP contribution >= 0.6 is 11.3 Å². The third-order valence-electron chi connectivity index (χ3n) is 2.76. The Morgan fingerprint density at radius 2 is 1.93 bits per heavy atom. The van der Waals surface area contributed by atoms with Crippen molar-refractivity contribution >= 4 is 11.3 Å². The van der Waals surface area contributed by atoms with Gasteiger partial charge in [0.25, 0.3) is 0 Å². The maximum absolute atomic E-state index is 2.37. The first-order valence-electron chi connectivity index (χ1n) is 5.47. The van der Waals surface area contributed by atoms with E-state index in [1.165, 1.54) is 16.9 Å². The van der Waals surface area contributed by atoms with Gasteiger partial charge in [-0.25, -0.2) is 0 Å². The largest absolute Gasteiger partial charge is 0.144 e. The highest BCUT2D eigenvalue weighted by Crippen LogP contribution is 2.36. The van der Waals surface area contributed by atoms with Crippen LogP contribution in [0, 0.1) is 6.92 Å². The number of hydrogen-bond acceptors (Lipinski definition) is 1. The Labute approximate surface area is 92.4 Å². The van der Waals surface area contributed by atoms with Gasteiger partial charge in [-0.3, -0.25) is 0 Å². The van der Waals surface area contributed by atoms with Crippen LogP contribution in [0.1, 0.15) is 62.3 Å². The van der Waals surface area contributed by atoms with Gasteiger partial charge in [-0.05, 0) is 36.3 Å². The predicted octanol–water partition coefficient (Wildman–Crippen LogP) is 4.87. The number of hydrogen-bond donors (Lipinski definition) is 0. The van der Waals surface area contributed by atoms with E-state index >= 15 is 0 Å². The fourth-order valence-electron chi connectivity index (χ4n) is 1.54. The minimum atomic E-state index is 0.307. The monoisotopic (exact) mass is 210 g/mol. The second kappa shape index (κ2) is 4.06. The summed E-state index contributed by atoms with van der Waals surface area (Å²) in [6.07, 6.45) is 1.24. The summed E-state index contributed by atoms with van der Waals surface area (Å²) in [7, 11) is 0. The average molecular weight is 210 g/mol.